The first-order chi connectivity index (χ1) is 15.3. The van der Waals surface area contributed by atoms with Crippen LogP contribution in [0.4, 0.5) is 4.39 Å². The normalized spacial score (nSPS) is 24.4. The fourth-order valence-corrected chi connectivity index (χ4v) is 4.98. The zero-order valence-corrected chi connectivity index (χ0v) is 19.1. The standard InChI is InChI=1S/C27H35FN2O2/c1-4-18-27(28,5-2)26(3,32)22-12-10-21(11-13-22)25(31)30(24-16-17-24)23-14-8-20(9-15-23)7-6-19-29/h4-5,10-13,20,23-24,32H,1-2,6-9,14-18H2,3H3/t20?,23?,26-,27?/m0/s1. The Kier molecular flexibility index (Phi) is 7.56. The average Bonchev–Trinajstić information content (AvgIpc) is 3.63. The van der Waals surface area contributed by atoms with Crippen molar-refractivity contribution in [2.24, 2.45) is 5.92 Å². The molecular formula is C27H35FN2O2. The van der Waals surface area contributed by atoms with Gasteiger partial charge in [-0.1, -0.05) is 30.9 Å². The number of hydrogen-bond donors (Lipinski definition) is 1. The van der Waals surface area contributed by atoms with Crippen LogP contribution < -0.4 is 0 Å². The number of amides is 1. The zero-order valence-electron chi connectivity index (χ0n) is 19.1. The smallest absolute Gasteiger partial charge is 0.254 e. The van der Waals surface area contributed by atoms with Gasteiger partial charge in [0, 0.05) is 30.5 Å². The molecule has 5 heteroatoms. The van der Waals surface area contributed by atoms with E-state index in [0.29, 0.717) is 29.5 Å². The highest BCUT2D eigenvalue weighted by molar-refractivity contribution is 5.95. The Morgan fingerprint density at radius 1 is 1.19 bits per heavy atom. The maximum Gasteiger partial charge on any atom is 0.254 e. The summed E-state index contributed by atoms with van der Waals surface area (Å²) < 4.78 is 15.3. The number of rotatable bonds is 10. The summed E-state index contributed by atoms with van der Waals surface area (Å²) in [4.78, 5) is 15.5. The van der Waals surface area contributed by atoms with Crippen LogP contribution in [0.2, 0.25) is 0 Å². The number of allylic oxidation sites excluding steroid dienone is 1. The lowest BCUT2D eigenvalue weighted by Gasteiger charge is -2.38. The SMILES string of the molecule is C=CCC(F)(C=C)[C@@](C)(O)c1ccc(C(=O)N(C2CCC(CCC#N)CC2)C2CC2)cc1. The number of alkyl halides is 1. The third kappa shape index (κ3) is 4.96. The third-order valence-corrected chi connectivity index (χ3v) is 7.32. The monoisotopic (exact) mass is 438 g/mol. The number of nitrogens with zero attached hydrogens (tertiary/aromatic N) is 2. The molecule has 2 saturated carbocycles. The number of carbonyl (C=O) groups excluding carboxylic acids is 1. The van der Waals surface area contributed by atoms with Gasteiger partial charge in [0.1, 0.15) is 5.60 Å². The molecule has 0 saturated heterocycles. The summed E-state index contributed by atoms with van der Waals surface area (Å²) in [5.74, 6) is 0.602. The number of nitriles is 1. The second-order valence-corrected chi connectivity index (χ2v) is 9.52. The Morgan fingerprint density at radius 2 is 1.75 bits per heavy atom. The molecular weight excluding hydrogens is 403 g/mol. The molecule has 2 atom stereocenters. The summed E-state index contributed by atoms with van der Waals surface area (Å²) in [6, 6.07) is 9.44. The number of halogens is 1. The van der Waals surface area contributed by atoms with Gasteiger partial charge in [-0.25, -0.2) is 4.39 Å². The summed E-state index contributed by atoms with van der Waals surface area (Å²) in [6.07, 6.45) is 10.2. The molecule has 1 N–H and O–H groups in total. The molecule has 0 radical (unpaired) electrons. The van der Waals surface area contributed by atoms with E-state index in [-0.39, 0.29) is 18.4 Å². The van der Waals surface area contributed by atoms with Gasteiger partial charge in [-0.15, -0.1) is 6.58 Å². The first-order valence-electron chi connectivity index (χ1n) is 11.7. The summed E-state index contributed by atoms with van der Waals surface area (Å²) in [5, 5.41) is 19.8. The average molecular weight is 439 g/mol. The molecule has 0 bridgehead atoms. The van der Waals surface area contributed by atoms with Gasteiger partial charge in [-0.2, -0.15) is 5.26 Å². The Morgan fingerprint density at radius 3 is 2.22 bits per heavy atom. The van der Waals surface area contributed by atoms with Gasteiger partial charge in [0.15, 0.2) is 5.67 Å². The van der Waals surface area contributed by atoms with E-state index < -0.39 is 11.3 Å². The third-order valence-electron chi connectivity index (χ3n) is 7.32. The van der Waals surface area contributed by atoms with Crippen molar-refractivity contribution in [2.75, 3.05) is 0 Å². The number of carbonyl (C=O) groups is 1. The van der Waals surface area contributed by atoms with Crippen LogP contribution in [0.5, 0.6) is 0 Å². The van der Waals surface area contributed by atoms with Gasteiger partial charge in [0.2, 0.25) is 0 Å². The van der Waals surface area contributed by atoms with Crippen molar-refractivity contribution >= 4 is 5.91 Å². The second kappa shape index (κ2) is 10.0. The molecule has 2 aliphatic carbocycles. The first kappa shape index (κ1) is 24.2. The van der Waals surface area contributed by atoms with Crippen molar-refractivity contribution in [1.82, 2.24) is 4.90 Å². The maximum atomic E-state index is 15.3. The van der Waals surface area contributed by atoms with E-state index in [1.807, 2.05) is 0 Å². The minimum atomic E-state index is -2.05. The Balaban J connectivity index is 1.73. The molecule has 1 aromatic rings. The lowest BCUT2D eigenvalue weighted by atomic mass is 9.78. The van der Waals surface area contributed by atoms with Crippen LogP contribution in [0.1, 0.15) is 80.6 Å². The van der Waals surface area contributed by atoms with Gasteiger partial charge < -0.3 is 10.0 Å². The number of hydrogen-bond acceptors (Lipinski definition) is 3. The van der Waals surface area contributed by atoms with Gasteiger partial charge in [0.25, 0.3) is 5.91 Å². The highest BCUT2D eigenvalue weighted by atomic mass is 19.1. The molecule has 1 aromatic carbocycles. The Hall–Kier alpha value is -2.45. The minimum Gasteiger partial charge on any atom is -0.382 e. The number of benzene rings is 1. The molecule has 1 unspecified atom stereocenters. The van der Waals surface area contributed by atoms with Gasteiger partial charge in [-0.05, 0) is 75.5 Å². The van der Waals surface area contributed by atoms with E-state index >= 15 is 4.39 Å². The van der Waals surface area contributed by atoms with E-state index in [0.717, 1.165) is 51.0 Å². The molecule has 0 heterocycles. The Bertz CT molecular complexity index is 861. The van der Waals surface area contributed by atoms with Crippen molar-refractivity contribution < 1.29 is 14.3 Å². The van der Waals surface area contributed by atoms with E-state index in [4.69, 9.17) is 5.26 Å². The highest BCUT2D eigenvalue weighted by Gasteiger charge is 2.46. The fourth-order valence-electron chi connectivity index (χ4n) is 4.98. The van der Waals surface area contributed by atoms with Crippen LogP contribution in [-0.4, -0.2) is 33.7 Å². The van der Waals surface area contributed by atoms with Crippen molar-refractivity contribution in [1.29, 1.82) is 5.26 Å². The quantitative estimate of drug-likeness (QED) is 0.467. The molecule has 3 rings (SSSR count). The molecule has 0 spiro atoms. The minimum absolute atomic E-state index is 0.0143. The van der Waals surface area contributed by atoms with Crippen LogP contribution in [0, 0.1) is 17.2 Å². The van der Waals surface area contributed by atoms with E-state index in [1.54, 1.807) is 24.3 Å². The second-order valence-electron chi connectivity index (χ2n) is 9.52. The van der Waals surface area contributed by atoms with Crippen LogP contribution >= 0.6 is 0 Å². The van der Waals surface area contributed by atoms with Crippen LogP contribution in [0.3, 0.4) is 0 Å². The highest BCUT2D eigenvalue weighted by Crippen LogP contribution is 2.41. The summed E-state index contributed by atoms with van der Waals surface area (Å²) in [5.41, 5.74) is -2.88. The number of aliphatic hydroxyl groups is 1. The molecule has 2 aliphatic rings. The molecule has 4 nitrogen and oxygen atoms in total. The van der Waals surface area contributed by atoms with Gasteiger partial charge in [-0.3, -0.25) is 4.79 Å². The first-order valence-corrected chi connectivity index (χ1v) is 11.7. The summed E-state index contributed by atoms with van der Waals surface area (Å²) in [7, 11) is 0. The van der Waals surface area contributed by atoms with Gasteiger partial charge in [0.05, 0.1) is 6.07 Å². The summed E-state index contributed by atoms with van der Waals surface area (Å²) >= 11 is 0. The Labute approximate surface area is 191 Å². The molecule has 2 fully saturated rings. The van der Waals surface area contributed by atoms with Crippen molar-refractivity contribution in [3.8, 4) is 6.07 Å². The molecule has 172 valence electrons. The zero-order chi connectivity index (χ0) is 23.4. The van der Waals surface area contributed by atoms with E-state index in [9.17, 15) is 9.90 Å². The van der Waals surface area contributed by atoms with Crippen molar-refractivity contribution in [3.63, 3.8) is 0 Å². The largest absolute Gasteiger partial charge is 0.382 e. The van der Waals surface area contributed by atoms with Crippen LogP contribution in [0.15, 0.2) is 49.6 Å². The van der Waals surface area contributed by atoms with Crippen molar-refractivity contribution in [3.05, 3.63) is 60.7 Å². The predicted molar refractivity (Wildman–Crippen MR) is 125 cm³/mol. The molecule has 1 amide bonds. The molecule has 0 aliphatic heterocycles. The predicted octanol–water partition coefficient (Wildman–Crippen LogP) is 5.83. The fraction of sp³-hybridized carbons (Fsp3) is 0.556. The topological polar surface area (TPSA) is 64.3 Å². The van der Waals surface area contributed by atoms with Crippen LogP contribution in [0.25, 0.3) is 0 Å². The lowest BCUT2D eigenvalue weighted by molar-refractivity contribution is -0.0677. The molecule has 32 heavy (non-hydrogen) atoms. The van der Waals surface area contributed by atoms with Gasteiger partial charge >= 0.3 is 0 Å². The van der Waals surface area contributed by atoms with Crippen molar-refractivity contribution in [2.45, 2.75) is 88.1 Å². The maximum absolute atomic E-state index is 15.3. The van der Waals surface area contributed by atoms with E-state index in [1.165, 1.54) is 13.0 Å². The van der Waals surface area contributed by atoms with Crippen LogP contribution in [-0.2, 0) is 5.60 Å². The summed E-state index contributed by atoms with van der Waals surface area (Å²) in [6.45, 7) is 8.56. The van der Waals surface area contributed by atoms with E-state index in [2.05, 4.69) is 24.1 Å². The lowest BCUT2D eigenvalue weighted by Crippen LogP contribution is -2.45. The molecule has 0 aromatic heterocycles.